The molecule has 0 aliphatic rings. The van der Waals surface area contributed by atoms with Gasteiger partial charge in [0.25, 0.3) is 0 Å². The third-order valence-electron chi connectivity index (χ3n) is 3.33. The first-order valence-corrected chi connectivity index (χ1v) is 7.64. The van der Waals surface area contributed by atoms with Crippen molar-refractivity contribution in [1.82, 2.24) is 14.8 Å². The highest BCUT2D eigenvalue weighted by Gasteiger charge is 2.14. The summed E-state index contributed by atoms with van der Waals surface area (Å²) in [4.78, 5) is 0. The molecule has 0 aliphatic carbocycles. The van der Waals surface area contributed by atoms with Crippen molar-refractivity contribution in [2.45, 2.75) is 46.0 Å². The number of hydrogen-bond acceptors (Lipinski definition) is 2. The van der Waals surface area contributed by atoms with Crippen LogP contribution in [0.4, 0.5) is 0 Å². The van der Waals surface area contributed by atoms with Gasteiger partial charge in [-0.2, -0.15) is 0 Å². The molecule has 0 amide bonds. The lowest BCUT2D eigenvalue weighted by atomic mass is 10.0. The van der Waals surface area contributed by atoms with E-state index >= 15 is 0 Å². The van der Waals surface area contributed by atoms with Gasteiger partial charge in [-0.1, -0.05) is 52.0 Å². The molecule has 0 bridgehead atoms. The Morgan fingerprint density at radius 2 is 1.70 bits per heavy atom. The van der Waals surface area contributed by atoms with Crippen LogP contribution in [0.25, 0.3) is 11.4 Å². The maximum absolute atomic E-state index is 5.96. The molecule has 2 rings (SSSR count). The molecule has 0 saturated carbocycles. The van der Waals surface area contributed by atoms with Crippen LogP contribution in [0.1, 0.15) is 45.0 Å². The summed E-state index contributed by atoms with van der Waals surface area (Å²) in [7, 11) is 0. The highest BCUT2D eigenvalue weighted by molar-refractivity contribution is 6.16. The van der Waals surface area contributed by atoms with E-state index in [1.54, 1.807) is 0 Å². The third-order valence-corrected chi connectivity index (χ3v) is 3.57. The molecule has 20 heavy (non-hydrogen) atoms. The van der Waals surface area contributed by atoms with Crippen LogP contribution in [0.3, 0.4) is 0 Å². The predicted molar refractivity (Wildman–Crippen MR) is 83.9 cm³/mol. The Hall–Kier alpha value is -1.35. The first-order valence-electron chi connectivity index (χ1n) is 7.11. The van der Waals surface area contributed by atoms with Crippen LogP contribution >= 0.6 is 11.6 Å². The Labute approximate surface area is 126 Å². The van der Waals surface area contributed by atoms with E-state index < -0.39 is 0 Å². The molecule has 0 atom stereocenters. The summed E-state index contributed by atoms with van der Waals surface area (Å²) in [5.74, 6) is 3.20. The Balaban J connectivity index is 2.38. The molecule has 1 aromatic carbocycles. The SMILES string of the molecule is CC(C)Cn1c(CCl)nnc1-c1ccc(C(C)C)cc1. The van der Waals surface area contributed by atoms with E-state index in [0.717, 1.165) is 23.8 Å². The molecule has 4 heteroatoms. The van der Waals surface area contributed by atoms with Crippen molar-refractivity contribution in [3.05, 3.63) is 35.7 Å². The van der Waals surface area contributed by atoms with Crippen molar-refractivity contribution in [3.8, 4) is 11.4 Å². The van der Waals surface area contributed by atoms with Gasteiger partial charge in [0, 0.05) is 12.1 Å². The molecule has 1 heterocycles. The molecule has 0 radical (unpaired) electrons. The molecule has 0 fully saturated rings. The maximum atomic E-state index is 5.96. The summed E-state index contributed by atoms with van der Waals surface area (Å²) in [6.45, 7) is 9.65. The molecule has 0 unspecified atom stereocenters. The first kappa shape index (κ1) is 15.0. The fourth-order valence-electron chi connectivity index (χ4n) is 2.22. The summed E-state index contributed by atoms with van der Waals surface area (Å²) in [5, 5.41) is 8.52. The minimum absolute atomic E-state index is 0.393. The quantitative estimate of drug-likeness (QED) is 0.761. The van der Waals surface area contributed by atoms with Crippen LogP contribution in [-0.4, -0.2) is 14.8 Å². The largest absolute Gasteiger partial charge is 0.310 e. The molecule has 108 valence electrons. The van der Waals surface area contributed by atoms with Crippen molar-refractivity contribution in [1.29, 1.82) is 0 Å². The molecule has 0 spiro atoms. The van der Waals surface area contributed by atoms with Gasteiger partial charge in [-0.25, -0.2) is 0 Å². The van der Waals surface area contributed by atoms with Gasteiger partial charge in [-0.15, -0.1) is 21.8 Å². The molecule has 0 N–H and O–H groups in total. The maximum Gasteiger partial charge on any atom is 0.163 e. The number of benzene rings is 1. The fourth-order valence-corrected chi connectivity index (χ4v) is 2.42. The zero-order valence-electron chi connectivity index (χ0n) is 12.6. The normalized spacial score (nSPS) is 11.6. The van der Waals surface area contributed by atoms with E-state index in [2.05, 4.69) is 66.7 Å². The summed E-state index contributed by atoms with van der Waals surface area (Å²) >= 11 is 5.96. The summed E-state index contributed by atoms with van der Waals surface area (Å²) < 4.78 is 2.13. The smallest absolute Gasteiger partial charge is 0.163 e. The third kappa shape index (κ3) is 3.21. The number of rotatable bonds is 5. The standard InChI is InChI=1S/C16H22ClN3/c1-11(2)10-20-15(9-17)18-19-16(20)14-7-5-13(6-8-14)12(3)4/h5-8,11-12H,9-10H2,1-4H3. The van der Waals surface area contributed by atoms with E-state index in [4.69, 9.17) is 11.6 Å². The van der Waals surface area contributed by atoms with Gasteiger partial charge in [0.15, 0.2) is 5.82 Å². The Morgan fingerprint density at radius 3 is 2.20 bits per heavy atom. The van der Waals surface area contributed by atoms with E-state index in [9.17, 15) is 0 Å². The summed E-state index contributed by atoms with van der Waals surface area (Å²) in [5.41, 5.74) is 2.43. The van der Waals surface area contributed by atoms with E-state index in [-0.39, 0.29) is 0 Å². The lowest BCUT2D eigenvalue weighted by Gasteiger charge is -2.12. The second-order valence-corrected chi connectivity index (χ2v) is 6.12. The summed E-state index contributed by atoms with van der Waals surface area (Å²) in [6, 6.07) is 8.56. The number of halogens is 1. The van der Waals surface area contributed by atoms with Gasteiger partial charge in [-0.05, 0) is 17.4 Å². The first-order chi connectivity index (χ1) is 9.52. The van der Waals surface area contributed by atoms with Crippen LogP contribution < -0.4 is 0 Å². The van der Waals surface area contributed by atoms with Gasteiger partial charge in [0.05, 0.1) is 5.88 Å². The van der Waals surface area contributed by atoms with Crippen LogP contribution in [-0.2, 0) is 12.4 Å². The van der Waals surface area contributed by atoms with Gasteiger partial charge in [0.2, 0.25) is 0 Å². The number of hydrogen-bond donors (Lipinski definition) is 0. The van der Waals surface area contributed by atoms with E-state index in [1.165, 1.54) is 5.56 Å². The molecule has 0 aliphatic heterocycles. The Morgan fingerprint density at radius 1 is 1.05 bits per heavy atom. The fraction of sp³-hybridized carbons (Fsp3) is 0.500. The molecular weight excluding hydrogens is 270 g/mol. The van der Waals surface area contributed by atoms with Crippen molar-refractivity contribution >= 4 is 11.6 Å². The molecular formula is C16H22ClN3. The number of aromatic nitrogens is 3. The topological polar surface area (TPSA) is 30.7 Å². The molecule has 0 saturated heterocycles. The van der Waals surface area contributed by atoms with Gasteiger partial charge in [-0.3, -0.25) is 0 Å². The number of nitrogens with zero attached hydrogens (tertiary/aromatic N) is 3. The van der Waals surface area contributed by atoms with Gasteiger partial charge >= 0.3 is 0 Å². The minimum atomic E-state index is 0.393. The molecule has 2 aromatic rings. The van der Waals surface area contributed by atoms with E-state index in [1.807, 2.05) is 0 Å². The molecule has 3 nitrogen and oxygen atoms in total. The van der Waals surface area contributed by atoms with Crippen molar-refractivity contribution in [2.75, 3.05) is 0 Å². The Kier molecular flexibility index (Phi) is 4.81. The lowest BCUT2D eigenvalue weighted by Crippen LogP contribution is -2.09. The van der Waals surface area contributed by atoms with Crippen LogP contribution in [0.15, 0.2) is 24.3 Å². The predicted octanol–water partition coefficient (Wildman–Crippen LogP) is 4.46. The van der Waals surface area contributed by atoms with Gasteiger partial charge < -0.3 is 4.57 Å². The Bertz CT molecular complexity index is 556. The average Bonchev–Trinajstić information content (AvgIpc) is 2.81. The highest BCUT2D eigenvalue weighted by Crippen LogP contribution is 2.23. The van der Waals surface area contributed by atoms with Crippen LogP contribution in [0.2, 0.25) is 0 Å². The van der Waals surface area contributed by atoms with E-state index in [0.29, 0.717) is 17.7 Å². The number of alkyl halides is 1. The van der Waals surface area contributed by atoms with Crippen LogP contribution in [0.5, 0.6) is 0 Å². The lowest BCUT2D eigenvalue weighted by molar-refractivity contribution is 0.515. The highest BCUT2D eigenvalue weighted by atomic mass is 35.5. The second-order valence-electron chi connectivity index (χ2n) is 5.85. The monoisotopic (exact) mass is 291 g/mol. The zero-order valence-corrected chi connectivity index (χ0v) is 13.4. The molecule has 1 aromatic heterocycles. The van der Waals surface area contributed by atoms with Crippen molar-refractivity contribution < 1.29 is 0 Å². The van der Waals surface area contributed by atoms with Crippen molar-refractivity contribution in [2.24, 2.45) is 5.92 Å². The van der Waals surface area contributed by atoms with Gasteiger partial charge in [0.1, 0.15) is 5.82 Å². The van der Waals surface area contributed by atoms with Crippen LogP contribution in [0, 0.1) is 5.92 Å². The second kappa shape index (κ2) is 6.40. The minimum Gasteiger partial charge on any atom is -0.310 e. The average molecular weight is 292 g/mol. The zero-order chi connectivity index (χ0) is 14.7. The summed E-state index contributed by atoms with van der Waals surface area (Å²) in [6.07, 6.45) is 0. The van der Waals surface area contributed by atoms with Crippen molar-refractivity contribution in [3.63, 3.8) is 0 Å².